The van der Waals surface area contributed by atoms with E-state index in [1.807, 2.05) is 6.92 Å². The van der Waals surface area contributed by atoms with E-state index in [0.29, 0.717) is 41.4 Å². The van der Waals surface area contributed by atoms with Gasteiger partial charge >= 0.3 is 0 Å². The van der Waals surface area contributed by atoms with Crippen molar-refractivity contribution in [3.8, 4) is 0 Å². The topological polar surface area (TPSA) is 107 Å². The average Bonchev–Trinajstić information content (AvgIpc) is 2.99. The maximum absolute atomic E-state index is 12.8. The molecule has 0 unspecified atom stereocenters. The number of hydrogen-bond acceptors (Lipinski definition) is 6. The number of nitrogens with two attached hydrogens (primary N) is 1. The highest BCUT2D eigenvalue weighted by molar-refractivity contribution is 5.97. The van der Waals surface area contributed by atoms with Gasteiger partial charge in [0.15, 0.2) is 5.43 Å². The number of amides is 1. The molecule has 3 aromatic rings. The van der Waals surface area contributed by atoms with Crippen LogP contribution in [-0.2, 0) is 0 Å². The van der Waals surface area contributed by atoms with Crippen molar-refractivity contribution in [1.82, 2.24) is 19.7 Å². The van der Waals surface area contributed by atoms with E-state index in [1.54, 1.807) is 27.8 Å². The number of aromatic nitrogens is 3. The van der Waals surface area contributed by atoms with E-state index in [0.717, 1.165) is 12.8 Å². The monoisotopic (exact) mass is 353 g/mol. The minimum atomic E-state index is -0.119. The molecular weight excluding hydrogens is 334 g/mol. The van der Waals surface area contributed by atoms with Gasteiger partial charge in [0.2, 0.25) is 5.95 Å². The molecule has 0 spiro atoms. The van der Waals surface area contributed by atoms with Gasteiger partial charge in [0.1, 0.15) is 11.4 Å². The molecule has 1 fully saturated rings. The minimum Gasteiger partial charge on any atom is -0.464 e. The highest BCUT2D eigenvalue weighted by atomic mass is 16.3. The number of carbonyl (C=O) groups is 1. The fourth-order valence-corrected chi connectivity index (χ4v) is 3.43. The molecule has 1 saturated heterocycles. The molecule has 0 bridgehead atoms. The quantitative estimate of drug-likeness (QED) is 0.752. The van der Waals surface area contributed by atoms with Crippen molar-refractivity contribution in [2.75, 3.05) is 18.8 Å². The van der Waals surface area contributed by atoms with Crippen molar-refractivity contribution in [2.45, 2.75) is 25.8 Å². The lowest BCUT2D eigenvalue weighted by atomic mass is 10.0. The molecule has 0 saturated carbocycles. The number of aryl methyl sites for hydroxylation is 1. The Morgan fingerprint density at radius 3 is 2.73 bits per heavy atom. The van der Waals surface area contributed by atoms with Crippen LogP contribution in [0.3, 0.4) is 0 Å². The molecule has 0 atom stereocenters. The molecule has 134 valence electrons. The summed E-state index contributed by atoms with van der Waals surface area (Å²) in [5.74, 6) is 0.995. The summed E-state index contributed by atoms with van der Waals surface area (Å²) in [7, 11) is 0. The largest absolute Gasteiger partial charge is 0.464 e. The SMILES string of the molecule is Cc1nc(N)n(C2CCN(C(=O)c3ccc4c(=O)ccoc4c3)CC2)n1. The van der Waals surface area contributed by atoms with E-state index in [4.69, 9.17) is 10.2 Å². The van der Waals surface area contributed by atoms with Crippen molar-refractivity contribution in [2.24, 2.45) is 0 Å². The summed E-state index contributed by atoms with van der Waals surface area (Å²) >= 11 is 0. The van der Waals surface area contributed by atoms with E-state index in [2.05, 4.69) is 10.1 Å². The van der Waals surface area contributed by atoms with Crippen molar-refractivity contribution < 1.29 is 9.21 Å². The fourth-order valence-electron chi connectivity index (χ4n) is 3.43. The van der Waals surface area contributed by atoms with Crippen LogP contribution in [0.15, 0.2) is 39.7 Å². The zero-order valence-corrected chi connectivity index (χ0v) is 14.4. The standard InChI is InChI=1S/C18H19N5O3/c1-11-20-18(19)23(21-11)13-4-7-22(8-5-13)17(25)12-2-3-14-15(24)6-9-26-16(14)10-12/h2-3,6,9-10,13H,4-5,7-8H2,1H3,(H2,19,20,21). The number of piperidine rings is 1. The van der Waals surface area contributed by atoms with Gasteiger partial charge < -0.3 is 15.1 Å². The maximum Gasteiger partial charge on any atom is 0.253 e. The molecule has 0 aliphatic carbocycles. The van der Waals surface area contributed by atoms with Crippen molar-refractivity contribution in [1.29, 1.82) is 0 Å². The number of fused-ring (bicyclic) bond motifs is 1. The highest BCUT2D eigenvalue weighted by Gasteiger charge is 2.26. The highest BCUT2D eigenvalue weighted by Crippen LogP contribution is 2.25. The third-order valence-corrected chi connectivity index (χ3v) is 4.77. The van der Waals surface area contributed by atoms with Gasteiger partial charge in [0, 0.05) is 24.7 Å². The Kier molecular flexibility index (Phi) is 3.95. The summed E-state index contributed by atoms with van der Waals surface area (Å²) in [6.45, 7) is 3.03. The van der Waals surface area contributed by atoms with Gasteiger partial charge in [-0.3, -0.25) is 9.59 Å². The van der Waals surface area contributed by atoms with Gasteiger partial charge in [-0.1, -0.05) is 0 Å². The molecule has 4 rings (SSSR count). The number of nitrogens with zero attached hydrogens (tertiary/aromatic N) is 4. The number of anilines is 1. The molecule has 0 radical (unpaired) electrons. The van der Waals surface area contributed by atoms with Crippen molar-refractivity contribution in [3.05, 3.63) is 52.1 Å². The Labute approximate surface area is 149 Å². The number of carbonyl (C=O) groups excluding carboxylic acids is 1. The number of benzene rings is 1. The van der Waals surface area contributed by atoms with Crippen LogP contribution in [0, 0.1) is 6.92 Å². The van der Waals surface area contributed by atoms with Crippen LogP contribution in [0.25, 0.3) is 11.0 Å². The molecule has 1 aliphatic heterocycles. The molecular formula is C18H19N5O3. The van der Waals surface area contributed by atoms with Crippen LogP contribution in [0.4, 0.5) is 5.95 Å². The summed E-state index contributed by atoms with van der Waals surface area (Å²) in [5, 5.41) is 4.81. The number of hydrogen-bond donors (Lipinski definition) is 1. The van der Waals surface area contributed by atoms with Crippen LogP contribution in [0.2, 0.25) is 0 Å². The summed E-state index contributed by atoms with van der Waals surface area (Å²) in [6.07, 6.45) is 2.87. The van der Waals surface area contributed by atoms with Gasteiger partial charge in [-0.25, -0.2) is 4.68 Å². The average molecular weight is 353 g/mol. The molecule has 1 amide bonds. The summed E-state index contributed by atoms with van der Waals surface area (Å²) in [5.41, 5.74) is 6.71. The van der Waals surface area contributed by atoms with Crippen LogP contribution >= 0.6 is 0 Å². The van der Waals surface area contributed by atoms with Crippen LogP contribution < -0.4 is 11.2 Å². The van der Waals surface area contributed by atoms with Gasteiger partial charge in [-0.15, -0.1) is 0 Å². The number of nitrogen functional groups attached to an aromatic ring is 1. The second kappa shape index (κ2) is 6.29. The normalized spacial score (nSPS) is 15.5. The fraction of sp³-hybridized carbons (Fsp3) is 0.333. The predicted octanol–water partition coefficient (Wildman–Crippen LogP) is 1.75. The minimum absolute atomic E-state index is 0.0698. The molecule has 8 heteroatoms. The first kappa shape index (κ1) is 16.3. The zero-order valence-electron chi connectivity index (χ0n) is 14.4. The summed E-state index contributed by atoms with van der Waals surface area (Å²) in [4.78, 5) is 30.5. The van der Waals surface area contributed by atoms with Crippen LogP contribution in [0.5, 0.6) is 0 Å². The third-order valence-electron chi connectivity index (χ3n) is 4.77. The van der Waals surface area contributed by atoms with Crippen LogP contribution in [0.1, 0.15) is 35.1 Å². The molecule has 2 N–H and O–H groups in total. The lowest BCUT2D eigenvalue weighted by Crippen LogP contribution is -2.39. The van der Waals surface area contributed by atoms with E-state index in [9.17, 15) is 9.59 Å². The van der Waals surface area contributed by atoms with Gasteiger partial charge in [-0.2, -0.15) is 10.1 Å². The lowest BCUT2D eigenvalue weighted by Gasteiger charge is -2.32. The predicted molar refractivity (Wildman–Crippen MR) is 95.8 cm³/mol. The molecule has 26 heavy (non-hydrogen) atoms. The van der Waals surface area contributed by atoms with E-state index >= 15 is 0 Å². The summed E-state index contributed by atoms with van der Waals surface area (Å²) < 4.78 is 7.11. The Morgan fingerprint density at radius 1 is 1.27 bits per heavy atom. The van der Waals surface area contributed by atoms with Gasteiger partial charge in [0.25, 0.3) is 5.91 Å². The van der Waals surface area contributed by atoms with Crippen molar-refractivity contribution >= 4 is 22.8 Å². The number of likely N-dealkylation sites (tertiary alicyclic amines) is 1. The first-order valence-electron chi connectivity index (χ1n) is 8.52. The Bertz CT molecular complexity index is 1030. The van der Waals surface area contributed by atoms with E-state index < -0.39 is 0 Å². The van der Waals surface area contributed by atoms with Gasteiger partial charge in [-0.05, 0) is 38.0 Å². The van der Waals surface area contributed by atoms with E-state index in [1.165, 1.54) is 12.3 Å². The first-order valence-corrected chi connectivity index (χ1v) is 8.52. The zero-order chi connectivity index (χ0) is 18.3. The second-order valence-corrected chi connectivity index (χ2v) is 6.48. The molecule has 2 aromatic heterocycles. The van der Waals surface area contributed by atoms with Gasteiger partial charge in [0.05, 0.1) is 17.7 Å². The third kappa shape index (κ3) is 2.83. The Morgan fingerprint density at radius 2 is 2.04 bits per heavy atom. The second-order valence-electron chi connectivity index (χ2n) is 6.48. The molecule has 8 nitrogen and oxygen atoms in total. The summed E-state index contributed by atoms with van der Waals surface area (Å²) in [6, 6.07) is 6.46. The maximum atomic E-state index is 12.8. The van der Waals surface area contributed by atoms with E-state index in [-0.39, 0.29) is 17.4 Å². The van der Waals surface area contributed by atoms with Crippen molar-refractivity contribution in [3.63, 3.8) is 0 Å². The first-order chi connectivity index (χ1) is 12.5. The van der Waals surface area contributed by atoms with Crippen LogP contribution in [-0.4, -0.2) is 38.7 Å². The smallest absolute Gasteiger partial charge is 0.253 e. The molecule has 3 heterocycles. The Hall–Kier alpha value is -3.16. The molecule has 1 aromatic carbocycles. The number of rotatable bonds is 2. The molecule has 1 aliphatic rings. The lowest BCUT2D eigenvalue weighted by molar-refractivity contribution is 0.0690. The Balaban J connectivity index is 1.50.